The summed E-state index contributed by atoms with van der Waals surface area (Å²) < 4.78 is 0. The second-order valence-electron chi connectivity index (χ2n) is 5.48. The summed E-state index contributed by atoms with van der Waals surface area (Å²) in [5.74, 6) is -0.347. The Balaban J connectivity index is 2.96. The van der Waals surface area contributed by atoms with Crippen molar-refractivity contribution in [2.24, 2.45) is 0 Å². The van der Waals surface area contributed by atoms with E-state index in [9.17, 15) is 9.90 Å². The zero-order valence-electron chi connectivity index (χ0n) is 12.1. The maximum absolute atomic E-state index is 11.7. The second-order valence-corrected chi connectivity index (χ2v) is 5.48. The highest BCUT2D eigenvalue weighted by Gasteiger charge is 2.23. The molecule has 0 saturated heterocycles. The molecule has 2 N–H and O–H groups in total. The maximum atomic E-state index is 11.7. The van der Waals surface area contributed by atoms with Crippen molar-refractivity contribution in [3.8, 4) is 0 Å². The molecule has 18 heavy (non-hydrogen) atoms. The van der Waals surface area contributed by atoms with E-state index in [1.807, 2.05) is 0 Å². The fourth-order valence-electron chi connectivity index (χ4n) is 1.95. The lowest BCUT2D eigenvalue weighted by Gasteiger charge is -2.19. The Bertz CT molecular complexity index is 444. The third-order valence-corrected chi connectivity index (χ3v) is 3.50. The van der Waals surface area contributed by atoms with Crippen LogP contribution < -0.4 is 5.32 Å². The summed E-state index contributed by atoms with van der Waals surface area (Å²) in [6.07, 6.45) is 0. The van der Waals surface area contributed by atoms with Crippen LogP contribution in [0.2, 0.25) is 0 Å². The molecule has 0 aliphatic heterocycles. The number of hydrogen-bond acceptors (Lipinski definition) is 2. The summed E-state index contributed by atoms with van der Waals surface area (Å²) in [7, 11) is 0. The van der Waals surface area contributed by atoms with Crippen LogP contribution in [0, 0.1) is 27.7 Å². The summed E-state index contributed by atoms with van der Waals surface area (Å²) in [6.45, 7) is 11.7. The number of aryl methyl sites for hydroxylation is 2. The monoisotopic (exact) mass is 249 g/mol. The van der Waals surface area contributed by atoms with Crippen molar-refractivity contribution in [1.29, 1.82) is 0 Å². The topological polar surface area (TPSA) is 49.3 Å². The fourth-order valence-corrected chi connectivity index (χ4v) is 1.95. The highest BCUT2D eigenvalue weighted by atomic mass is 16.3. The van der Waals surface area contributed by atoms with Gasteiger partial charge in [0.2, 0.25) is 0 Å². The van der Waals surface area contributed by atoms with Crippen LogP contribution in [0.15, 0.2) is 6.07 Å². The summed E-state index contributed by atoms with van der Waals surface area (Å²) in [4.78, 5) is 11.7. The predicted octanol–water partition coefficient (Wildman–Crippen LogP) is 2.31. The molecule has 100 valence electrons. The van der Waals surface area contributed by atoms with Gasteiger partial charge in [0.1, 0.15) is 5.60 Å². The minimum absolute atomic E-state index is 0.347. The van der Waals surface area contributed by atoms with Gasteiger partial charge in [-0.05, 0) is 69.4 Å². The Kier molecular flexibility index (Phi) is 4.17. The van der Waals surface area contributed by atoms with Gasteiger partial charge in [0, 0.05) is 6.54 Å². The largest absolute Gasteiger partial charge is 0.381 e. The zero-order valence-corrected chi connectivity index (χ0v) is 12.1. The van der Waals surface area contributed by atoms with E-state index in [0.29, 0.717) is 6.54 Å². The second kappa shape index (κ2) is 5.11. The van der Waals surface area contributed by atoms with Crippen LogP contribution in [0.1, 0.15) is 41.7 Å². The Labute approximate surface area is 109 Å². The molecule has 1 amide bonds. The molecular weight excluding hydrogens is 226 g/mol. The van der Waals surface area contributed by atoms with E-state index in [-0.39, 0.29) is 5.91 Å². The minimum Gasteiger partial charge on any atom is -0.381 e. The van der Waals surface area contributed by atoms with Gasteiger partial charge in [-0.2, -0.15) is 0 Å². The van der Waals surface area contributed by atoms with Gasteiger partial charge in [0.05, 0.1) is 0 Å². The average molecular weight is 249 g/mol. The van der Waals surface area contributed by atoms with E-state index >= 15 is 0 Å². The third-order valence-electron chi connectivity index (χ3n) is 3.50. The summed E-state index contributed by atoms with van der Waals surface area (Å²) in [5, 5.41) is 12.4. The van der Waals surface area contributed by atoms with Crippen LogP contribution in [0.4, 0.5) is 0 Å². The van der Waals surface area contributed by atoms with Crippen molar-refractivity contribution in [2.45, 2.75) is 53.7 Å². The average Bonchev–Trinajstić information content (AvgIpc) is 2.25. The van der Waals surface area contributed by atoms with Gasteiger partial charge in [0.25, 0.3) is 5.91 Å². The van der Waals surface area contributed by atoms with Gasteiger partial charge in [-0.3, -0.25) is 4.79 Å². The van der Waals surface area contributed by atoms with Crippen molar-refractivity contribution < 1.29 is 9.90 Å². The molecule has 0 heterocycles. The van der Waals surface area contributed by atoms with E-state index in [0.717, 1.165) is 5.56 Å². The summed E-state index contributed by atoms with van der Waals surface area (Å²) in [6, 6.07) is 2.16. The molecule has 0 saturated carbocycles. The lowest BCUT2D eigenvalue weighted by Crippen LogP contribution is -2.41. The van der Waals surface area contributed by atoms with E-state index in [1.165, 1.54) is 36.1 Å². The molecule has 0 bridgehead atoms. The molecule has 0 aromatic heterocycles. The van der Waals surface area contributed by atoms with Crippen molar-refractivity contribution in [3.05, 3.63) is 33.9 Å². The van der Waals surface area contributed by atoms with Crippen LogP contribution >= 0.6 is 0 Å². The number of carbonyl (C=O) groups excluding carboxylic acids is 1. The highest BCUT2D eigenvalue weighted by molar-refractivity contribution is 5.83. The van der Waals surface area contributed by atoms with Crippen molar-refractivity contribution in [1.82, 2.24) is 5.32 Å². The normalized spacial score (nSPS) is 11.5. The van der Waals surface area contributed by atoms with Crippen LogP contribution in [-0.2, 0) is 11.3 Å². The Morgan fingerprint density at radius 1 is 1.17 bits per heavy atom. The Morgan fingerprint density at radius 3 is 2.00 bits per heavy atom. The molecular formula is C15H23NO2. The molecule has 1 rings (SSSR count). The van der Waals surface area contributed by atoms with Crippen LogP contribution in [-0.4, -0.2) is 16.6 Å². The lowest BCUT2D eigenvalue weighted by atomic mass is 9.94. The van der Waals surface area contributed by atoms with E-state index in [2.05, 4.69) is 39.1 Å². The molecule has 0 fully saturated rings. The molecule has 1 aromatic carbocycles. The lowest BCUT2D eigenvalue weighted by molar-refractivity contribution is -0.136. The number of aliphatic hydroxyl groups is 1. The van der Waals surface area contributed by atoms with E-state index in [4.69, 9.17) is 0 Å². The number of nitrogens with one attached hydrogen (secondary N) is 1. The predicted molar refractivity (Wildman–Crippen MR) is 73.5 cm³/mol. The Hall–Kier alpha value is -1.35. The zero-order chi connectivity index (χ0) is 14.1. The van der Waals surface area contributed by atoms with E-state index in [1.54, 1.807) is 0 Å². The van der Waals surface area contributed by atoms with Crippen molar-refractivity contribution in [3.63, 3.8) is 0 Å². The highest BCUT2D eigenvalue weighted by Crippen LogP contribution is 2.21. The molecule has 3 heteroatoms. The van der Waals surface area contributed by atoms with Crippen LogP contribution in [0.5, 0.6) is 0 Å². The van der Waals surface area contributed by atoms with Gasteiger partial charge >= 0.3 is 0 Å². The van der Waals surface area contributed by atoms with Gasteiger partial charge in [0.15, 0.2) is 0 Å². The molecule has 0 aliphatic rings. The first-order chi connectivity index (χ1) is 8.14. The number of benzene rings is 1. The number of amides is 1. The smallest absolute Gasteiger partial charge is 0.251 e. The first-order valence-electron chi connectivity index (χ1n) is 6.21. The number of hydrogen-bond donors (Lipinski definition) is 2. The van der Waals surface area contributed by atoms with Crippen LogP contribution in [0.25, 0.3) is 0 Å². The molecule has 0 radical (unpaired) electrons. The molecule has 0 unspecified atom stereocenters. The van der Waals surface area contributed by atoms with Gasteiger partial charge < -0.3 is 10.4 Å². The van der Waals surface area contributed by atoms with E-state index < -0.39 is 5.60 Å². The molecule has 0 atom stereocenters. The summed E-state index contributed by atoms with van der Waals surface area (Å²) in [5.41, 5.74) is 4.67. The molecule has 3 nitrogen and oxygen atoms in total. The maximum Gasteiger partial charge on any atom is 0.251 e. The Morgan fingerprint density at radius 2 is 1.61 bits per heavy atom. The minimum atomic E-state index is -1.33. The van der Waals surface area contributed by atoms with Crippen molar-refractivity contribution in [2.75, 3.05) is 0 Å². The first-order valence-corrected chi connectivity index (χ1v) is 6.21. The number of rotatable bonds is 3. The van der Waals surface area contributed by atoms with Gasteiger partial charge in [-0.15, -0.1) is 0 Å². The van der Waals surface area contributed by atoms with Gasteiger partial charge in [-0.25, -0.2) is 0 Å². The third kappa shape index (κ3) is 3.10. The van der Waals surface area contributed by atoms with Crippen molar-refractivity contribution >= 4 is 5.91 Å². The number of carbonyl (C=O) groups is 1. The van der Waals surface area contributed by atoms with Gasteiger partial charge in [-0.1, -0.05) is 6.07 Å². The standard InChI is InChI=1S/C15H23NO2/c1-9-7-10(2)12(4)13(11(9)3)8-16-14(17)15(5,6)18/h7,18H,8H2,1-6H3,(H,16,17). The summed E-state index contributed by atoms with van der Waals surface area (Å²) >= 11 is 0. The fraction of sp³-hybridized carbons (Fsp3) is 0.533. The SMILES string of the molecule is Cc1cc(C)c(C)c(CNC(=O)C(C)(C)O)c1C. The first kappa shape index (κ1) is 14.7. The molecule has 0 spiro atoms. The molecule has 0 aliphatic carbocycles. The van der Waals surface area contributed by atoms with Crippen LogP contribution in [0.3, 0.4) is 0 Å². The molecule has 1 aromatic rings. The quantitative estimate of drug-likeness (QED) is 0.863.